The Labute approximate surface area is 302 Å². The maximum absolute atomic E-state index is 17.1. The van der Waals surface area contributed by atoms with E-state index in [4.69, 9.17) is 35.5 Å². The van der Waals surface area contributed by atoms with Crippen molar-refractivity contribution in [1.29, 1.82) is 0 Å². The van der Waals surface area contributed by atoms with E-state index in [0.29, 0.717) is 53.6 Å². The van der Waals surface area contributed by atoms with Crippen LogP contribution in [0.5, 0.6) is 11.8 Å². The van der Waals surface area contributed by atoms with E-state index in [1.54, 1.807) is 18.3 Å². The molecule has 1 amide bonds. The quantitative estimate of drug-likeness (QED) is 0.212. The third kappa shape index (κ3) is 6.89. The lowest BCUT2D eigenvalue weighted by Crippen LogP contribution is -2.57. The first-order chi connectivity index (χ1) is 24.3. The molecular weight excluding hydrogens is 682 g/mol. The smallest absolute Gasteiger partial charge is 0.410 e. The van der Waals surface area contributed by atoms with Gasteiger partial charge in [0.05, 0.1) is 23.0 Å². The van der Waals surface area contributed by atoms with E-state index in [1.165, 1.54) is 7.11 Å². The maximum Gasteiger partial charge on any atom is 0.410 e. The van der Waals surface area contributed by atoms with Gasteiger partial charge in [0.2, 0.25) is 0 Å². The SMILES string of the molecule is COCOc1cc(Cl)c(C(C)C)c(-c2ncc3c(N4C[C@H]5CC[C@@H](C4)N5C(=O)OC(C)(C)C)nc(OC[C@@]45CCCN4C[C@H](F)C5)nc3c2F)c1. The van der Waals surface area contributed by atoms with Crippen molar-refractivity contribution in [2.75, 3.05) is 51.6 Å². The van der Waals surface area contributed by atoms with Crippen LogP contribution in [-0.2, 0) is 9.47 Å². The highest BCUT2D eigenvalue weighted by Gasteiger charge is 2.50. The van der Waals surface area contributed by atoms with Gasteiger partial charge in [-0.3, -0.25) is 14.8 Å². The number of nitrogens with zero attached hydrogens (tertiary/aromatic N) is 6. The van der Waals surface area contributed by atoms with Crippen molar-refractivity contribution < 1.29 is 32.5 Å². The van der Waals surface area contributed by atoms with E-state index in [9.17, 15) is 9.18 Å². The number of piperazine rings is 1. The Morgan fingerprint density at radius 2 is 1.86 bits per heavy atom. The molecule has 14 heteroatoms. The Bertz CT molecular complexity index is 1800. The van der Waals surface area contributed by atoms with Gasteiger partial charge in [0.25, 0.3) is 0 Å². The molecule has 276 valence electrons. The monoisotopic (exact) mass is 728 g/mol. The summed E-state index contributed by atoms with van der Waals surface area (Å²) in [6.07, 6.45) is 4.12. The summed E-state index contributed by atoms with van der Waals surface area (Å²) in [6, 6.07) is 3.19. The summed E-state index contributed by atoms with van der Waals surface area (Å²) in [5.74, 6) is 0.181. The molecule has 0 unspecified atom stereocenters. The summed E-state index contributed by atoms with van der Waals surface area (Å²) >= 11 is 6.75. The zero-order valence-corrected chi connectivity index (χ0v) is 30.9. The second-order valence-electron chi connectivity index (χ2n) is 15.6. The number of rotatable bonds is 9. The number of fused-ring (bicyclic) bond motifs is 4. The fraction of sp³-hybridized carbons (Fsp3) is 0.622. The maximum atomic E-state index is 17.1. The Morgan fingerprint density at radius 1 is 1.12 bits per heavy atom. The van der Waals surface area contributed by atoms with Crippen LogP contribution in [0, 0.1) is 5.82 Å². The third-order valence-corrected chi connectivity index (χ3v) is 10.9. The van der Waals surface area contributed by atoms with Crippen LogP contribution in [0.4, 0.5) is 19.4 Å². The van der Waals surface area contributed by atoms with E-state index in [2.05, 4.69) is 19.8 Å². The van der Waals surface area contributed by atoms with Gasteiger partial charge in [-0.15, -0.1) is 0 Å². The zero-order chi connectivity index (χ0) is 36.2. The molecule has 4 saturated heterocycles. The predicted molar refractivity (Wildman–Crippen MR) is 190 cm³/mol. The molecule has 4 fully saturated rings. The van der Waals surface area contributed by atoms with E-state index < -0.39 is 23.1 Å². The minimum Gasteiger partial charge on any atom is -0.467 e. The molecule has 0 saturated carbocycles. The van der Waals surface area contributed by atoms with Gasteiger partial charge in [-0.05, 0) is 76.6 Å². The number of anilines is 1. The molecule has 7 rings (SSSR count). The van der Waals surface area contributed by atoms with Crippen molar-refractivity contribution in [2.24, 2.45) is 0 Å². The number of aromatic nitrogens is 3. The lowest BCUT2D eigenvalue weighted by atomic mass is 9.94. The lowest BCUT2D eigenvalue weighted by molar-refractivity contribution is 0.0122. The molecule has 4 aliphatic heterocycles. The zero-order valence-electron chi connectivity index (χ0n) is 30.2. The van der Waals surface area contributed by atoms with E-state index in [-0.39, 0.29) is 54.7 Å². The minimum atomic E-state index is -0.921. The van der Waals surface area contributed by atoms with E-state index >= 15 is 4.39 Å². The second kappa shape index (κ2) is 13.8. The Kier molecular flexibility index (Phi) is 9.68. The van der Waals surface area contributed by atoms with Crippen LogP contribution in [0.1, 0.15) is 78.2 Å². The topological polar surface area (TPSA) is 102 Å². The Hall–Kier alpha value is -3.55. The molecule has 0 spiro atoms. The molecule has 0 N–H and O–H groups in total. The van der Waals surface area contributed by atoms with Crippen LogP contribution in [-0.4, -0.2) is 107 Å². The van der Waals surface area contributed by atoms with E-state index in [1.807, 2.05) is 39.5 Å². The number of carbonyl (C=O) groups is 1. The summed E-state index contributed by atoms with van der Waals surface area (Å²) in [5, 5.41) is 0.840. The van der Waals surface area contributed by atoms with Crippen molar-refractivity contribution in [2.45, 2.75) is 102 Å². The van der Waals surface area contributed by atoms with Crippen LogP contribution < -0.4 is 14.4 Å². The van der Waals surface area contributed by atoms with Crippen LogP contribution in [0.3, 0.4) is 0 Å². The molecule has 4 atom stereocenters. The number of halogens is 3. The molecule has 1 aromatic carbocycles. The number of alkyl halides is 1. The van der Waals surface area contributed by atoms with Crippen LogP contribution in [0.15, 0.2) is 18.3 Å². The van der Waals surface area contributed by atoms with E-state index in [0.717, 1.165) is 37.8 Å². The Morgan fingerprint density at radius 3 is 2.55 bits per heavy atom. The summed E-state index contributed by atoms with van der Waals surface area (Å²) < 4.78 is 54.5. The molecule has 0 radical (unpaired) electrons. The van der Waals surface area contributed by atoms with Crippen molar-refractivity contribution in [3.63, 3.8) is 0 Å². The Balaban J connectivity index is 1.30. The molecule has 51 heavy (non-hydrogen) atoms. The normalized spacial score (nSPS) is 24.9. The van der Waals surface area contributed by atoms with Gasteiger partial charge >= 0.3 is 12.1 Å². The first-order valence-electron chi connectivity index (χ1n) is 17.9. The number of hydrogen-bond acceptors (Lipinski definition) is 10. The van der Waals surface area contributed by atoms with Crippen molar-refractivity contribution in [3.05, 3.63) is 34.7 Å². The third-order valence-electron chi connectivity index (χ3n) is 10.5. The number of hydrogen-bond donors (Lipinski definition) is 0. The molecular formula is C37H47ClF2N6O5. The number of ether oxygens (including phenoxy) is 4. The summed E-state index contributed by atoms with van der Waals surface area (Å²) in [6.45, 7) is 11.9. The van der Waals surface area contributed by atoms with Crippen LogP contribution >= 0.6 is 11.6 Å². The number of pyridine rings is 1. The second-order valence-corrected chi connectivity index (χ2v) is 16.0. The summed E-state index contributed by atoms with van der Waals surface area (Å²) in [5.41, 5.74) is 0.257. The highest BCUT2D eigenvalue weighted by Crippen LogP contribution is 2.43. The van der Waals surface area contributed by atoms with Crippen molar-refractivity contribution >= 4 is 34.4 Å². The molecule has 4 aliphatic rings. The molecule has 2 bridgehead atoms. The van der Waals surface area contributed by atoms with Crippen LogP contribution in [0.2, 0.25) is 5.02 Å². The summed E-state index contributed by atoms with van der Waals surface area (Å²) in [7, 11) is 1.52. The molecule has 0 aliphatic carbocycles. The highest BCUT2D eigenvalue weighted by molar-refractivity contribution is 6.32. The number of amides is 1. The molecule has 11 nitrogen and oxygen atoms in total. The number of carbonyl (C=O) groups excluding carboxylic acids is 1. The van der Waals surface area contributed by atoms with Gasteiger partial charge < -0.3 is 23.8 Å². The average molecular weight is 729 g/mol. The molecule has 2 aromatic heterocycles. The molecule has 3 aromatic rings. The fourth-order valence-corrected chi connectivity index (χ4v) is 8.86. The fourth-order valence-electron chi connectivity index (χ4n) is 8.44. The van der Waals surface area contributed by atoms with Gasteiger partial charge in [-0.2, -0.15) is 9.97 Å². The van der Waals surface area contributed by atoms with Gasteiger partial charge in [-0.25, -0.2) is 13.6 Å². The standard InChI is InChI=1S/C37H47ClF2N6O5/c1-21(2)29-26(12-25(13-28(29)38)50-20-48-6)31-30(40)32-27(15-41-31)33(43-34(42-32)49-19-37-10-7-11-45(37)16-22(39)14-37)44-17-23-8-9-24(18-44)46(23)35(47)51-36(3,4)5/h12-13,15,21-24H,7-11,14,16-20H2,1-6H3/t22-,23-,24+,37+/m1/s1. The largest absolute Gasteiger partial charge is 0.467 e. The average Bonchev–Trinajstić information content (AvgIpc) is 3.68. The number of methoxy groups -OCH3 is 1. The first-order valence-corrected chi connectivity index (χ1v) is 18.2. The van der Waals surface area contributed by atoms with Gasteiger partial charge in [-0.1, -0.05) is 25.4 Å². The first kappa shape index (κ1) is 35.8. The highest BCUT2D eigenvalue weighted by atomic mass is 35.5. The lowest BCUT2D eigenvalue weighted by Gasteiger charge is -2.42. The molecule has 6 heterocycles. The van der Waals surface area contributed by atoms with Crippen LogP contribution in [0.25, 0.3) is 22.2 Å². The minimum absolute atomic E-state index is 0.00698. The predicted octanol–water partition coefficient (Wildman–Crippen LogP) is 7.13. The van der Waals surface area contributed by atoms with Gasteiger partial charge in [0.1, 0.15) is 41.2 Å². The van der Waals surface area contributed by atoms with Gasteiger partial charge in [0.15, 0.2) is 12.6 Å². The summed E-state index contributed by atoms with van der Waals surface area (Å²) in [4.78, 5) is 33.5. The number of benzene rings is 1. The van der Waals surface area contributed by atoms with Crippen molar-refractivity contribution in [3.8, 4) is 23.0 Å². The van der Waals surface area contributed by atoms with Crippen molar-refractivity contribution in [1.82, 2.24) is 24.8 Å². The van der Waals surface area contributed by atoms with Gasteiger partial charge in [0, 0.05) is 49.9 Å².